The molecule has 0 radical (unpaired) electrons. The van der Waals surface area contributed by atoms with Gasteiger partial charge in [-0.3, -0.25) is 4.79 Å². The molecule has 120 valence electrons. The number of aryl methyl sites for hydroxylation is 2. The average molecular weight is 351 g/mol. The summed E-state index contributed by atoms with van der Waals surface area (Å²) in [6, 6.07) is 9.88. The number of rotatable bonds is 4. The number of ether oxygens (including phenoxy) is 1. The molecule has 0 N–H and O–H groups in total. The van der Waals surface area contributed by atoms with Gasteiger partial charge in [0.15, 0.2) is 6.10 Å². The Morgan fingerprint density at radius 3 is 2.35 bits per heavy atom. The summed E-state index contributed by atoms with van der Waals surface area (Å²) < 4.78 is 5.23. The molecule has 0 fully saturated rings. The summed E-state index contributed by atoms with van der Waals surface area (Å²) in [6.07, 6.45) is -0.917. The van der Waals surface area contributed by atoms with E-state index in [2.05, 4.69) is 0 Å². The van der Waals surface area contributed by atoms with Crippen molar-refractivity contribution < 1.29 is 14.3 Å². The van der Waals surface area contributed by atoms with Gasteiger partial charge in [0.2, 0.25) is 5.78 Å². The van der Waals surface area contributed by atoms with E-state index in [1.54, 1.807) is 18.2 Å². The monoisotopic (exact) mass is 350 g/mol. The zero-order chi connectivity index (χ0) is 17.1. The van der Waals surface area contributed by atoms with Crippen LogP contribution >= 0.6 is 23.2 Å². The van der Waals surface area contributed by atoms with Crippen molar-refractivity contribution in [1.29, 1.82) is 0 Å². The van der Waals surface area contributed by atoms with Gasteiger partial charge >= 0.3 is 5.97 Å². The van der Waals surface area contributed by atoms with E-state index in [0.29, 0.717) is 10.6 Å². The van der Waals surface area contributed by atoms with E-state index in [-0.39, 0.29) is 16.4 Å². The normalized spacial score (nSPS) is 11.9. The Balaban J connectivity index is 2.15. The number of hydrogen-bond acceptors (Lipinski definition) is 3. The molecule has 2 aromatic carbocycles. The molecule has 0 aromatic heterocycles. The van der Waals surface area contributed by atoms with Crippen molar-refractivity contribution in [2.24, 2.45) is 0 Å². The lowest BCUT2D eigenvalue weighted by atomic mass is 10.0. The van der Waals surface area contributed by atoms with Gasteiger partial charge < -0.3 is 4.74 Å². The molecule has 0 saturated heterocycles. The molecule has 0 aliphatic rings. The number of benzene rings is 2. The fraction of sp³-hybridized carbons (Fsp3) is 0.222. The van der Waals surface area contributed by atoms with Crippen LogP contribution in [0.3, 0.4) is 0 Å². The third kappa shape index (κ3) is 4.12. The van der Waals surface area contributed by atoms with Crippen LogP contribution in [0.15, 0.2) is 36.4 Å². The summed E-state index contributed by atoms with van der Waals surface area (Å²) >= 11 is 11.8. The first-order valence-electron chi connectivity index (χ1n) is 7.07. The van der Waals surface area contributed by atoms with Crippen molar-refractivity contribution in [2.45, 2.75) is 26.9 Å². The molecule has 0 aliphatic carbocycles. The van der Waals surface area contributed by atoms with E-state index in [9.17, 15) is 9.59 Å². The second-order valence-electron chi connectivity index (χ2n) is 5.33. The first-order chi connectivity index (χ1) is 10.8. The zero-order valence-corrected chi connectivity index (χ0v) is 14.5. The Morgan fingerprint density at radius 2 is 1.70 bits per heavy atom. The van der Waals surface area contributed by atoms with Crippen molar-refractivity contribution in [1.82, 2.24) is 0 Å². The molecule has 5 heteroatoms. The Morgan fingerprint density at radius 1 is 1.00 bits per heavy atom. The van der Waals surface area contributed by atoms with E-state index in [1.807, 2.05) is 19.9 Å². The minimum Gasteiger partial charge on any atom is -0.451 e. The minimum absolute atomic E-state index is 0.138. The average Bonchev–Trinajstić information content (AvgIpc) is 2.51. The minimum atomic E-state index is -0.917. The van der Waals surface area contributed by atoms with E-state index in [0.717, 1.165) is 11.1 Å². The predicted molar refractivity (Wildman–Crippen MR) is 91.6 cm³/mol. The lowest BCUT2D eigenvalue weighted by Crippen LogP contribution is -2.24. The van der Waals surface area contributed by atoms with Gasteiger partial charge in [-0.15, -0.1) is 0 Å². The number of carbonyl (C=O) groups excluding carboxylic acids is 2. The summed E-state index contributed by atoms with van der Waals surface area (Å²) in [5.74, 6) is -0.943. The van der Waals surface area contributed by atoms with Crippen molar-refractivity contribution in [3.8, 4) is 0 Å². The molecule has 0 bridgehead atoms. The van der Waals surface area contributed by atoms with Crippen molar-refractivity contribution in [3.05, 3.63) is 68.7 Å². The molecule has 0 aliphatic heterocycles. The Kier molecular flexibility index (Phi) is 5.45. The van der Waals surface area contributed by atoms with Crippen LogP contribution in [0.25, 0.3) is 0 Å². The van der Waals surface area contributed by atoms with Gasteiger partial charge in [-0.1, -0.05) is 35.3 Å². The molecular weight excluding hydrogens is 335 g/mol. The Bertz CT molecular complexity index is 769. The SMILES string of the molecule is Cc1ccc(C(=O)[C@H](C)OC(=O)c2cc(Cl)ccc2Cl)cc1C. The van der Waals surface area contributed by atoms with Gasteiger partial charge in [-0.05, 0) is 56.2 Å². The lowest BCUT2D eigenvalue weighted by Gasteiger charge is -2.14. The van der Waals surface area contributed by atoms with Crippen LogP contribution in [-0.2, 0) is 4.74 Å². The highest BCUT2D eigenvalue weighted by Crippen LogP contribution is 2.22. The Hall–Kier alpha value is -1.84. The molecule has 23 heavy (non-hydrogen) atoms. The zero-order valence-electron chi connectivity index (χ0n) is 13.0. The quantitative estimate of drug-likeness (QED) is 0.573. The van der Waals surface area contributed by atoms with Gasteiger partial charge in [-0.2, -0.15) is 0 Å². The predicted octanol–water partition coefficient (Wildman–Crippen LogP) is 5.04. The smallest absolute Gasteiger partial charge is 0.340 e. The topological polar surface area (TPSA) is 43.4 Å². The molecule has 0 spiro atoms. The van der Waals surface area contributed by atoms with E-state index >= 15 is 0 Å². The largest absolute Gasteiger partial charge is 0.451 e. The number of Topliss-reactive ketones (excluding diaryl/α,β-unsaturated/α-hetero) is 1. The molecule has 0 heterocycles. The van der Waals surface area contributed by atoms with Crippen LogP contribution in [0, 0.1) is 13.8 Å². The Labute approximate surface area is 145 Å². The van der Waals surface area contributed by atoms with Crippen LogP contribution in [-0.4, -0.2) is 17.9 Å². The third-order valence-electron chi connectivity index (χ3n) is 3.59. The highest BCUT2D eigenvalue weighted by atomic mass is 35.5. The lowest BCUT2D eigenvalue weighted by molar-refractivity contribution is 0.0319. The third-order valence-corrected chi connectivity index (χ3v) is 4.16. The molecule has 0 unspecified atom stereocenters. The molecule has 0 saturated carbocycles. The van der Waals surface area contributed by atoms with Gasteiger partial charge in [0, 0.05) is 10.6 Å². The second-order valence-corrected chi connectivity index (χ2v) is 6.18. The highest BCUT2D eigenvalue weighted by molar-refractivity contribution is 6.35. The number of ketones is 1. The van der Waals surface area contributed by atoms with Gasteiger partial charge in [-0.25, -0.2) is 4.79 Å². The number of esters is 1. The van der Waals surface area contributed by atoms with E-state index in [4.69, 9.17) is 27.9 Å². The van der Waals surface area contributed by atoms with Crippen molar-refractivity contribution in [2.75, 3.05) is 0 Å². The fourth-order valence-corrected chi connectivity index (χ4v) is 2.43. The maximum Gasteiger partial charge on any atom is 0.340 e. The fourth-order valence-electron chi connectivity index (χ4n) is 2.06. The number of halogens is 2. The highest BCUT2D eigenvalue weighted by Gasteiger charge is 2.22. The maximum atomic E-state index is 12.4. The first-order valence-corrected chi connectivity index (χ1v) is 7.82. The van der Waals surface area contributed by atoms with Crippen LogP contribution in [0.4, 0.5) is 0 Å². The van der Waals surface area contributed by atoms with Gasteiger partial charge in [0.1, 0.15) is 0 Å². The second kappa shape index (κ2) is 7.16. The van der Waals surface area contributed by atoms with Crippen LogP contribution in [0.2, 0.25) is 10.0 Å². The van der Waals surface area contributed by atoms with E-state index in [1.165, 1.54) is 19.1 Å². The molecular formula is C18H16Cl2O3. The summed E-state index contributed by atoms with van der Waals surface area (Å²) in [5, 5.41) is 0.597. The molecule has 3 nitrogen and oxygen atoms in total. The van der Waals surface area contributed by atoms with Crippen LogP contribution < -0.4 is 0 Å². The number of carbonyl (C=O) groups is 2. The van der Waals surface area contributed by atoms with Crippen LogP contribution in [0.1, 0.15) is 38.8 Å². The molecule has 2 rings (SSSR count). The molecule has 1 atom stereocenters. The first kappa shape index (κ1) is 17.5. The van der Waals surface area contributed by atoms with Crippen LogP contribution in [0.5, 0.6) is 0 Å². The van der Waals surface area contributed by atoms with Crippen molar-refractivity contribution in [3.63, 3.8) is 0 Å². The van der Waals surface area contributed by atoms with Crippen molar-refractivity contribution >= 4 is 35.0 Å². The maximum absolute atomic E-state index is 12.4. The van der Waals surface area contributed by atoms with Gasteiger partial charge in [0.05, 0.1) is 10.6 Å². The molecule has 0 amide bonds. The summed E-state index contributed by atoms with van der Waals surface area (Å²) in [7, 11) is 0. The molecule has 2 aromatic rings. The number of hydrogen-bond donors (Lipinski definition) is 0. The van der Waals surface area contributed by atoms with Gasteiger partial charge in [0.25, 0.3) is 0 Å². The standard InChI is InChI=1S/C18H16Cl2O3/c1-10-4-5-13(8-11(10)2)17(21)12(3)23-18(22)15-9-14(19)6-7-16(15)20/h4-9,12H,1-3H3/t12-/m0/s1. The summed E-state index contributed by atoms with van der Waals surface area (Å²) in [5.41, 5.74) is 2.74. The summed E-state index contributed by atoms with van der Waals surface area (Å²) in [4.78, 5) is 24.6. The summed E-state index contributed by atoms with van der Waals surface area (Å²) in [6.45, 7) is 5.43. The van der Waals surface area contributed by atoms with E-state index < -0.39 is 12.1 Å².